The Hall–Kier alpha value is -1.39. The summed E-state index contributed by atoms with van der Waals surface area (Å²) in [5, 5.41) is 12.8. The van der Waals surface area contributed by atoms with Crippen molar-refractivity contribution in [3.63, 3.8) is 0 Å². The molecule has 0 heterocycles. The summed E-state index contributed by atoms with van der Waals surface area (Å²) in [6, 6.07) is 7.43. The Morgan fingerprint density at radius 2 is 2.14 bits per heavy atom. The second kappa shape index (κ2) is 7.05. The molecule has 0 radical (unpaired) electrons. The lowest BCUT2D eigenvalue weighted by Crippen LogP contribution is -2.53. The average Bonchev–Trinajstić information content (AvgIpc) is 2.50. The fourth-order valence-electron chi connectivity index (χ4n) is 2.92. The second-order valence-electron chi connectivity index (χ2n) is 6.21. The normalized spacial score (nSPS) is 25.6. The maximum absolute atomic E-state index is 12.5. The van der Waals surface area contributed by atoms with Gasteiger partial charge in [-0.2, -0.15) is 0 Å². The fourth-order valence-corrected chi connectivity index (χ4v) is 2.92. The lowest BCUT2D eigenvalue weighted by Gasteiger charge is -2.38. The van der Waals surface area contributed by atoms with Gasteiger partial charge in [0.1, 0.15) is 0 Å². The first kappa shape index (κ1) is 16.0. The third kappa shape index (κ3) is 4.05. The van der Waals surface area contributed by atoms with Crippen molar-refractivity contribution in [2.45, 2.75) is 44.8 Å². The molecule has 1 aliphatic carbocycles. The molecule has 0 aliphatic heterocycles. The van der Waals surface area contributed by atoms with Crippen molar-refractivity contribution in [1.82, 2.24) is 5.32 Å². The summed E-state index contributed by atoms with van der Waals surface area (Å²) < 4.78 is 5.09. The van der Waals surface area contributed by atoms with E-state index in [9.17, 15) is 9.90 Å². The summed E-state index contributed by atoms with van der Waals surface area (Å²) in [6.07, 6.45) is 3.78. The number of rotatable bonds is 5. The maximum atomic E-state index is 12.5. The van der Waals surface area contributed by atoms with Crippen molar-refractivity contribution in [1.29, 1.82) is 0 Å². The van der Waals surface area contributed by atoms with Crippen molar-refractivity contribution in [3.05, 3.63) is 35.4 Å². The van der Waals surface area contributed by atoms with Gasteiger partial charge in [-0.1, -0.05) is 19.1 Å². The first-order valence-corrected chi connectivity index (χ1v) is 7.60. The monoisotopic (exact) mass is 291 g/mol. The molecule has 2 rings (SSSR count). The molecule has 1 fully saturated rings. The Morgan fingerprint density at radius 1 is 1.43 bits per heavy atom. The van der Waals surface area contributed by atoms with E-state index in [1.54, 1.807) is 13.2 Å². The number of ether oxygens (including phenoxy) is 1. The van der Waals surface area contributed by atoms with Crippen LogP contribution in [0.25, 0.3) is 0 Å². The van der Waals surface area contributed by atoms with Gasteiger partial charge in [-0.05, 0) is 49.3 Å². The Morgan fingerprint density at radius 3 is 2.76 bits per heavy atom. The van der Waals surface area contributed by atoms with E-state index in [0.717, 1.165) is 31.2 Å². The highest BCUT2D eigenvalue weighted by atomic mass is 16.5. The number of amides is 1. The van der Waals surface area contributed by atoms with Crippen molar-refractivity contribution >= 4 is 5.91 Å². The summed E-state index contributed by atoms with van der Waals surface area (Å²) in [7, 11) is 1.64. The second-order valence-corrected chi connectivity index (χ2v) is 6.21. The molecular formula is C17H25NO3. The molecule has 0 saturated heterocycles. The van der Waals surface area contributed by atoms with Crippen molar-refractivity contribution in [3.8, 4) is 0 Å². The predicted molar refractivity (Wildman–Crippen MR) is 82.1 cm³/mol. The number of aliphatic hydroxyl groups is 1. The molecule has 0 bridgehead atoms. The predicted octanol–water partition coefficient (Wildman–Crippen LogP) is 2.50. The molecule has 1 amide bonds. The smallest absolute Gasteiger partial charge is 0.251 e. The standard InChI is InChI=1S/C17H25NO3/c1-13-6-8-17(12-19,9-7-13)18-16(20)15-5-3-4-14(10-15)11-21-2/h3-5,10,13,19H,6-9,11-12H2,1-2H3,(H,18,20). The minimum atomic E-state index is -0.457. The zero-order chi connectivity index (χ0) is 15.3. The Kier molecular flexibility index (Phi) is 5.37. The lowest BCUT2D eigenvalue weighted by atomic mass is 9.77. The van der Waals surface area contributed by atoms with Crippen LogP contribution in [0.2, 0.25) is 0 Å². The number of hydrogen-bond acceptors (Lipinski definition) is 3. The van der Waals surface area contributed by atoms with E-state index in [-0.39, 0.29) is 12.5 Å². The van der Waals surface area contributed by atoms with Gasteiger partial charge in [-0.15, -0.1) is 0 Å². The molecule has 0 spiro atoms. The van der Waals surface area contributed by atoms with Crippen LogP contribution < -0.4 is 5.32 Å². The minimum Gasteiger partial charge on any atom is -0.394 e. The van der Waals surface area contributed by atoms with Gasteiger partial charge >= 0.3 is 0 Å². The molecule has 0 aromatic heterocycles. The molecule has 1 aromatic carbocycles. The fraction of sp³-hybridized carbons (Fsp3) is 0.588. The van der Waals surface area contributed by atoms with Crippen LogP contribution in [-0.2, 0) is 11.3 Å². The van der Waals surface area contributed by atoms with Crippen molar-refractivity contribution < 1.29 is 14.6 Å². The minimum absolute atomic E-state index is 0.00320. The SMILES string of the molecule is COCc1cccc(C(=O)NC2(CO)CCC(C)CC2)c1. The third-order valence-corrected chi connectivity index (χ3v) is 4.41. The zero-order valence-corrected chi connectivity index (χ0v) is 12.9. The summed E-state index contributed by atoms with van der Waals surface area (Å²) in [5.74, 6) is 0.558. The largest absolute Gasteiger partial charge is 0.394 e. The number of methoxy groups -OCH3 is 1. The zero-order valence-electron chi connectivity index (χ0n) is 12.9. The number of aliphatic hydroxyl groups excluding tert-OH is 1. The van der Waals surface area contributed by atoms with Crippen LogP contribution in [0.15, 0.2) is 24.3 Å². The van der Waals surface area contributed by atoms with E-state index in [1.165, 1.54) is 0 Å². The van der Waals surface area contributed by atoms with E-state index in [1.807, 2.05) is 18.2 Å². The average molecular weight is 291 g/mol. The highest BCUT2D eigenvalue weighted by molar-refractivity contribution is 5.94. The number of nitrogens with one attached hydrogen (secondary N) is 1. The molecule has 1 saturated carbocycles. The molecule has 1 aromatic rings. The van der Waals surface area contributed by atoms with Gasteiger partial charge in [0.2, 0.25) is 0 Å². The summed E-state index contributed by atoms with van der Waals surface area (Å²) in [4.78, 5) is 12.5. The molecule has 1 aliphatic rings. The number of carbonyl (C=O) groups is 1. The molecule has 2 N–H and O–H groups in total. The van der Waals surface area contributed by atoms with E-state index in [2.05, 4.69) is 12.2 Å². The van der Waals surface area contributed by atoms with Crippen LogP contribution in [0.3, 0.4) is 0 Å². The first-order valence-electron chi connectivity index (χ1n) is 7.60. The van der Waals surface area contributed by atoms with E-state index in [4.69, 9.17) is 4.74 Å². The van der Waals surface area contributed by atoms with Gasteiger partial charge in [-0.25, -0.2) is 0 Å². The highest BCUT2D eigenvalue weighted by Gasteiger charge is 2.35. The summed E-state index contributed by atoms with van der Waals surface area (Å²) in [5.41, 5.74) is 1.14. The molecule has 0 atom stereocenters. The third-order valence-electron chi connectivity index (χ3n) is 4.41. The molecule has 21 heavy (non-hydrogen) atoms. The number of hydrogen-bond donors (Lipinski definition) is 2. The van der Waals surface area contributed by atoms with Gasteiger partial charge in [0.25, 0.3) is 5.91 Å². The molecule has 4 nitrogen and oxygen atoms in total. The van der Waals surface area contributed by atoms with Gasteiger partial charge in [0.15, 0.2) is 0 Å². The van der Waals surface area contributed by atoms with Crippen molar-refractivity contribution in [2.24, 2.45) is 5.92 Å². The van der Waals surface area contributed by atoms with E-state index >= 15 is 0 Å². The quantitative estimate of drug-likeness (QED) is 0.876. The van der Waals surface area contributed by atoms with Crippen LogP contribution in [0.1, 0.15) is 48.5 Å². The highest BCUT2D eigenvalue weighted by Crippen LogP contribution is 2.31. The van der Waals surface area contributed by atoms with Gasteiger partial charge in [0.05, 0.1) is 18.8 Å². The van der Waals surface area contributed by atoms with Crippen LogP contribution in [-0.4, -0.2) is 30.3 Å². The molecular weight excluding hydrogens is 266 g/mol. The lowest BCUT2D eigenvalue weighted by molar-refractivity contribution is 0.0717. The Balaban J connectivity index is 2.07. The van der Waals surface area contributed by atoms with Crippen LogP contribution in [0.5, 0.6) is 0 Å². The molecule has 0 unspecified atom stereocenters. The van der Waals surface area contributed by atoms with Crippen LogP contribution in [0, 0.1) is 5.92 Å². The van der Waals surface area contributed by atoms with E-state index in [0.29, 0.717) is 18.1 Å². The van der Waals surface area contributed by atoms with E-state index < -0.39 is 5.54 Å². The summed E-state index contributed by atoms with van der Waals surface area (Å²) in [6.45, 7) is 2.71. The van der Waals surface area contributed by atoms with Gasteiger partial charge in [0, 0.05) is 12.7 Å². The topological polar surface area (TPSA) is 58.6 Å². The maximum Gasteiger partial charge on any atom is 0.251 e. The number of benzene rings is 1. The number of carbonyl (C=O) groups excluding carboxylic acids is 1. The van der Waals surface area contributed by atoms with Crippen molar-refractivity contribution in [2.75, 3.05) is 13.7 Å². The van der Waals surface area contributed by atoms with Crippen LogP contribution >= 0.6 is 0 Å². The Bertz CT molecular complexity index is 479. The first-order chi connectivity index (χ1) is 10.1. The molecule has 116 valence electrons. The van der Waals surface area contributed by atoms with Gasteiger partial charge in [-0.3, -0.25) is 4.79 Å². The summed E-state index contributed by atoms with van der Waals surface area (Å²) >= 11 is 0. The Labute approximate surface area is 126 Å². The molecule has 4 heteroatoms. The van der Waals surface area contributed by atoms with Gasteiger partial charge < -0.3 is 15.2 Å². The van der Waals surface area contributed by atoms with Crippen LogP contribution in [0.4, 0.5) is 0 Å².